The van der Waals surface area contributed by atoms with Crippen molar-refractivity contribution >= 4 is 23.3 Å². The van der Waals surface area contributed by atoms with Gasteiger partial charge in [-0.25, -0.2) is 24.1 Å². The van der Waals surface area contributed by atoms with E-state index in [0.717, 1.165) is 6.07 Å². The highest BCUT2D eigenvalue weighted by molar-refractivity contribution is 6.37. The first-order chi connectivity index (χ1) is 15.9. The number of nitrogens with one attached hydrogen (secondary N) is 1. The number of hydrogen-bond acceptors (Lipinski definition) is 9. The lowest BCUT2D eigenvalue weighted by atomic mass is 9.88. The number of methoxy groups -OCH3 is 1. The zero-order valence-corrected chi connectivity index (χ0v) is 18.4. The third-order valence-electron chi connectivity index (χ3n) is 5.78. The highest BCUT2D eigenvalue weighted by Crippen LogP contribution is 2.44. The van der Waals surface area contributed by atoms with E-state index in [9.17, 15) is 19.4 Å². The molecule has 2 aliphatic rings. The molecule has 0 aliphatic carbocycles. The van der Waals surface area contributed by atoms with E-state index in [4.69, 9.17) is 14.5 Å². The summed E-state index contributed by atoms with van der Waals surface area (Å²) in [6, 6.07) is 3.61. The van der Waals surface area contributed by atoms with Crippen LogP contribution in [0.3, 0.4) is 0 Å². The predicted octanol–water partition coefficient (Wildman–Crippen LogP) is 1.91. The number of nitrogens with zero attached hydrogens (tertiary/aromatic N) is 4. The maximum atomic E-state index is 14.2. The summed E-state index contributed by atoms with van der Waals surface area (Å²) < 4.78 is 24.8. The molecule has 1 aromatic heterocycles. The van der Waals surface area contributed by atoms with Crippen molar-refractivity contribution in [2.75, 3.05) is 51.5 Å². The third-order valence-corrected chi connectivity index (χ3v) is 5.78. The molecule has 4 rings (SSSR count). The molecule has 11 heteroatoms. The Bertz CT molecular complexity index is 1070. The number of anilines is 1. The molecule has 3 N–H and O–H groups in total. The van der Waals surface area contributed by atoms with Crippen molar-refractivity contribution in [1.82, 2.24) is 15.3 Å². The normalized spacial score (nSPS) is 20.3. The minimum Gasteiger partial charge on any atom is -0.504 e. The molecule has 2 unspecified atom stereocenters. The van der Waals surface area contributed by atoms with Gasteiger partial charge in [0, 0.05) is 38.2 Å². The lowest BCUT2D eigenvalue weighted by Gasteiger charge is -2.33. The molecule has 0 radical (unpaired) electrons. The number of carbonyl (C=O) groups is 1. The molecule has 176 valence electrons. The summed E-state index contributed by atoms with van der Waals surface area (Å²) in [5.41, 5.74) is 0.888. The molecule has 0 bridgehead atoms. The van der Waals surface area contributed by atoms with Crippen LogP contribution < -0.4 is 10.2 Å². The Morgan fingerprint density at radius 2 is 2.09 bits per heavy atom. The van der Waals surface area contributed by atoms with Crippen LogP contribution in [0.4, 0.5) is 16.0 Å². The van der Waals surface area contributed by atoms with Gasteiger partial charge in [-0.05, 0) is 12.1 Å². The van der Waals surface area contributed by atoms with Gasteiger partial charge in [-0.1, -0.05) is 13.0 Å². The Kier molecular flexibility index (Phi) is 6.82. The van der Waals surface area contributed by atoms with Crippen LogP contribution in [-0.2, 0) is 14.3 Å². The number of carboxylic acids is 1. The molecule has 0 amide bonds. The number of aromatic nitrogens is 2. The van der Waals surface area contributed by atoms with Gasteiger partial charge >= 0.3 is 5.97 Å². The Morgan fingerprint density at radius 3 is 2.79 bits per heavy atom. The molecule has 1 saturated heterocycles. The Morgan fingerprint density at radius 1 is 1.33 bits per heavy atom. The molecular formula is C22H26FN5O5. The van der Waals surface area contributed by atoms with E-state index in [1.165, 1.54) is 12.1 Å². The third kappa shape index (κ3) is 4.52. The maximum absolute atomic E-state index is 14.2. The molecule has 33 heavy (non-hydrogen) atoms. The molecule has 3 heterocycles. The minimum absolute atomic E-state index is 0.0720. The number of phenolic OH excluding ortho intramolecular Hbond substituents is 1. The lowest BCUT2D eigenvalue weighted by molar-refractivity contribution is -0.129. The SMILES string of the molecule is COCCNC1c2nc(N3CCOCC3)nc(-c3cccc(F)c3O)c2N=C(C(=O)O)C1C. The van der Waals surface area contributed by atoms with E-state index in [0.29, 0.717) is 51.1 Å². The number of carboxylic acid groups (broad SMARTS) is 1. The summed E-state index contributed by atoms with van der Waals surface area (Å²) in [5.74, 6) is -2.68. The van der Waals surface area contributed by atoms with Gasteiger partial charge in [0.15, 0.2) is 11.6 Å². The molecule has 0 saturated carbocycles. The first-order valence-corrected chi connectivity index (χ1v) is 10.7. The van der Waals surface area contributed by atoms with Gasteiger partial charge < -0.3 is 29.9 Å². The standard InChI is InChI=1S/C22H26FN5O5/c1-12-15(24-6-9-32-2)18-19(25-16(12)21(30)31)17(13-4-3-5-14(23)20(13)29)26-22(27-18)28-7-10-33-11-8-28/h3-5,12,15,24,29H,6-11H2,1-2H3,(H,30,31). The van der Waals surface area contributed by atoms with Gasteiger partial charge in [0.05, 0.1) is 31.6 Å². The fraction of sp³-hybridized carbons (Fsp3) is 0.455. The number of ether oxygens (including phenoxy) is 2. The van der Waals surface area contributed by atoms with Gasteiger partial charge in [0.25, 0.3) is 0 Å². The van der Waals surface area contributed by atoms with Crippen LogP contribution in [0.5, 0.6) is 5.75 Å². The second-order valence-electron chi connectivity index (χ2n) is 7.86. The predicted molar refractivity (Wildman–Crippen MR) is 119 cm³/mol. The summed E-state index contributed by atoms with van der Waals surface area (Å²) in [5, 5.41) is 23.5. The number of para-hydroxylation sites is 1. The number of morpholine rings is 1. The number of aliphatic carboxylic acids is 1. The maximum Gasteiger partial charge on any atom is 0.350 e. The fourth-order valence-corrected chi connectivity index (χ4v) is 4.04. The van der Waals surface area contributed by atoms with Crippen LogP contribution in [0, 0.1) is 11.7 Å². The smallest absolute Gasteiger partial charge is 0.350 e. The summed E-state index contributed by atoms with van der Waals surface area (Å²) in [6.07, 6.45) is 0. The summed E-state index contributed by atoms with van der Waals surface area (Å²) >= 11 is 0. The van der Waals surface area contributed by atoms with E-state index < -0.39 is 29.5 Å². The average Bonchev–Trinajstić information content (AvgIpc) is 2.82. The first-order valence-electron chi connectivity index (χ1n) is 10.7. The van der Waals surface area contributed by atoms with Gasteiger partial charge in [-0.3, -0.25) is 0 Å². The number of rotatable bonds is 7. The molecule has 10 nitrogen and oxygen atoms in total. The average molecular weight is 459 g/mol. The Labute approximate surface area is 190 Å². The lowest BCUT2D eigenvalue weighted by Crippen LogP contribution is -2.40. The zero-order valence-electron chi connectivity index (χ0n) is 18.4. The van der Waals surface area contributed by atoms with E-state index in [-0.39, 0.29) is 22.7 Å². The van der Waals surface area contributed by atoms with E-state index >= 15 is 0 Å². The van der Waals surface area contributed by atoms with Crippen molar-refractivity contribution in [3.05, 3.63) is 29.7 Å². The van der Waals surface area contributed by atoms with Crippen molar-refractivity contribution in [1.29, 1.82) is 0 Å². The number of fused-ring (bicyclic) bond motifs is 1. The van der Waals surface area contributed by atoms with Crippen LogP contribution in [0.15, 0.2) is 23.2 Å². The number of aromatic hydroxyl groups is 1. The van der Waals surface area contributed by atoms with Gasteiger partial charge in [0.1, 0.15) is 17.1 Å². The van der Waals surface area contributed by atoms with Crippen molar-refractivity contribution in [3.63, 3.8) is 0 Å². The van der Waals surface area contributed by atoms with Crippen molar-refractivity contribution < 1.29 is 28.9 Å². The Hall–Kier alpha value is -3.15. The second kappa shape index (κ2) is 9.77. The summed E-state index contributed by atoms with van der Waals surface area (Å²) in [6.45, 7) is 4.77. The summed E-state index contributed by atoms with van der Waals surface area (Å²) in [7, 11) is 1.58. The highest BCUT2D eigenvalue weighted by Gasteiger charge is 2.37. The van der Waals surface area contributed by atoms with Gasteiger partial charge in [-0.15, -0.1) is 0 Å². The number of aliphatic imine (C=N–C) groups is 1. The van der Waals surface area contributed by atoms with Crippen LogP contribution in [0.1, 0.15) is 18.7 Å². The van der Waals surface area contributed by atoms with E-state index in [1.54, 1.807) is 14.0 Å². The Balaban J connectivity index is 1.94. The second-order valence-corrected chi connectivity index (χ2v) is 7.86. The van der Waals surface area contributed by atoms with Crippen molar-refractivity contribution in [2.45, 2.75) is 13.0 Å². The number of benzene rings is 1. The van der Waals surface area contributed by atoms with Crippen LogP contribution in [0.2, 0.25) is 0 Å². The van der Waals surface area contributed by atoms with Crippen LogP contribution in [0.25, 0.3) is 11.3 Å². The van der Waals surface area contributed by atoms with Gasteiger partial charge in [0.2, 0.25) is 5.95 Å². The largest absolute Gasteiger partial charge is 0.504 e. The van der Waals surface area contributed by atoms with Gasteiger partial charge in [-0.2, -0.15) is 0 Å². The molecule has 1 aromatic carbocycles. The van der Waals surface area contributed by atoms with Crippen LogP contribution >= 0.6 is 0 Å². The fourth-order valence-electron chi connectivity index (χ4n) is 4.04. The number of hydrogen-bond donors (Lipinski definition) is 3. The van der Waals surface area contributed by atoms with Crippen molar-refractivity contribution in [3.8, 4) is 17.0 Å². The topological polar surface area (TPSA) is 129 Å². The minimum atomic E-state index is -1.17. The van der Waals surface area contributed by atoms with E-state index in [1.807, 2.05) is 4.90 Å². The molecular weight excluding hydrogens is 433 g/mol. The quantitative estimate of drug-likeness (QED) is 0.532. The molecule has 2 atom stereocenters. The van der Waals surface area contributed by atoms with E-state index in [2.05, 4.69) is 15.3 Å². The number of phenols is 1. The molecule has 1 fully saturated rings. The molecule has 2 aliphatic heterocycles. The highest BCUT2D eigenvalue weighted by atomic mass is 19.1. The monoisotopic (exact) mass is 459 g/mol. The summed E-state index contributed by atoms with van der Waals surface area (Å²) in [4.78, 5) is 27.7. The molecule has 2 aromatic rings. The molecule has 0 spiro atoms. The zero-order chi connectivity index (χ0) is 23.5. The first kappa shape index (κ1) is 23.0. The van der Waals surface area contributed by atoms with Crippen LogP contribution in [-0.4, -0.2) is 78.4 Å². The van der Waals surface area contributed by atoms with Crippen molar-refractivity contribution in [2.24, 2.45) is 10.9 Å². The number of halogens is 1.